The van der Waals surface area contributed by atoms with Gasteiger partial charge >= 0.3 is 0 Å². The highest BCUT2D eigenvalue weighted by atomic mass is 16.8. The Hall–Kier alpha value is -0.380. The van der Waals surface area contributed by atoms with Crippen molar-refractivity contribution in [1.29, 1.82) is 0 Å². The topological polar surface area (TPSA) is 45.3 Å². The molecule has 0 spiro atoms. The van der Waals surface area contributed by atoms with Crippen molar-refractivity contribution in [2.75, 3.05) is 0 Å². The minimum atomic E-state index is -0.947. The largest absolute Gasteiger partial charge is 0.362 e. The monoisotopic (exact) mass is 126 g/mol. The summed E-state index contributed by atoms with van der Waals surface area (Å²) >= 11 is 0. The van der Waals surface area contributed by atoms with Crippen molar-refractivity contribution >= 4 is 0 Å². The van der Waals surface area contributed by atoms with Crippen molar-refractivity contribution in [3.63, 3.8) is 0 Å². The van der Waals surface area contributed by atoms with Gasteiger partial charge in [-0.1, -0.05) is 6.08 Å². The highest BCUT2D eigenvalue weighted by molar-refractivity contribution is 5.26. The van der Waals surface area contributed by atoms with Crippen LogP contribution in [0.5, 0.6) is 0 Å². The molecule has 0 radical (unpaired) electrons. The van der Waals surface area contributed by atoms with Crippen molar-refractivity contribution in [3.8, 4) is 0 Å². The average molecular weight is 126 g/mol. The van der Waals surface area contributed by atoms with Crippen LogP contribution in [0.3, 0.4) is 0 Å². The lowest BCUT2D eigenvalue weighted by molar-refractivity contribution is 0.0821. The first-order valence-electron chi connectivity index (χ1n) is 3.05. The Morgan fingerprint density at radius 3 is 3.22 bits per heavy atom. The van der Waals surface area contributed by atoms with Gasteiger partial charge in [0, 0.05) is 0 Å². The molecule has 4 unspecified atom stereocenters. The molecule has 1 aliphatic carbocycles. The fourth-order valence-corrected chi connectivity index (χ4v) is 1.37. The number of fused-ring (bicyclic) bond motifs is 3. The summed E-state index contributed by atoms with van der Waals surface area (Å²) in [5.74, 6) is -0.947. The molecule has 3 heteroatoms. The summed E-state index contributed by atoms with van der Waals surface area (Å²) in [5, 5.41) is 9.26. The second-order valence-electron chi connectivity index (χ2n) is 2.71. The molecule has 0 saturated carbocycles. The second kappa shape index (κ2) is 0.963. The van der Waals surface area contributed by atoms with Crippen molar-refractivity contribution in [2.45, 2.75) is 24.1 Å². The van der Waals surface area contributed by atoms with Crippen LogP contribution in [0.2, 0.25) is 0 Å². The predicted molar refractivity (Wildman–Crippen MR) is 27.6 cm³/mol. The van der Waals surface area contributed by atoms with Crippen molar-refractivity contribution < 1.29 is 14.6 Å². The van der Waals surface area contributed by atoms with Crippen molar-refractivity contribution in [2.24, 2.45) is 0 Å². The Balaban J connectivity index is 2.04. The zero-order chi connectivity index (χ0) is 6.06. The van der Waals surface area contributed by atoms with E-state index in [0.717, 1.165) is 0 Å². The third kappa shape index (κ3) is 0.397. The van der Waals surface area contributed by atoms with E-state index in [4.69, 9.17) is 9.47 Å². The molecule has 2 fully saturated rings. The van der Waals surface area contributed by atoms with Gasteiger partial charge in [0.25, 0.3) is 0 Å². The van der Waals surface area contributed by atoms with Crippen LogP contribution in [0.1, 0.15) is 0 Å². The van der Waals surface area contributed by atoms with E-state index in [0.29, 0.717) is 0 Å². The molecule has 0 aromatic carbocycles. The van der Waals surface area contributed by atoms with Crippen LogP contribution in [0.15, 0.2) is 12.2 Å². The molecule has 9 heavy (non-hydrogen) atoms. The second-order valence-corrected chi connectivity index (χ2v) is 2.71. The van der Waals surface area contributed by atoms with Gasteiger partial charge in [-0.15, -0.1) is 0 Å². The molecule has 3 nitrogen and oxygen atoms in total. The molecule has 48 valence electrons. The number of hydrogen-bond donors (Lipinski definition) is 1. The Bertz CT molecular complexity index is 200. The number of ether oxygens (including phenoxy) is 2. The SMILES string of the molecule is OC12C=CC3OC3C1O2. The summed E-state index contributed by atoms with van der Waals surface area (Å²) in [6, 6.07) is 0. The van der Waals surface area contributed by atoms with Gasteiger partial charge in [0.1, 0.15) is 18.3 Å². The maximum absolute atomic E-state index is 9.26. The van der Waals surface area contributed by atoms with Crippen LogP contribution < -0.4 is 0 Å². The highest BCUT2D eigenvalue weighted by Gasteiger charge is 2.68. The molecular weight excluding hydrogens is 120 g/mol. The maximum atomic E-state index is 9.26. The lowest BCUT2D eigenvalue weighted by Crippen LogP contribution is -2.19. The average Bonchev–Trinajstić information content (AvgIpc) is 2.52. The van der Waals surface area contributed by atoms with Gasteiger partial charge in [-0.25, -0.2) is 0 Å². The van der Waals surface area contributed by atoms with Gasteiger partial charge < -0.3 is 14.6 Å². The van der Waals surface area contributed by atoms with Crippen LogP contribution >= 0.6 is 0 Å². The lowest BCUT2D eigenvalue weighted by Gasteiger charge is -1.97. The normalized spacial score (nSPS) is 66.6. The summed E-state index contributed by atoms with van der Waals surface area (Å²) in [6.45, 7) is 0. The summed E-state index contributed by atoms with van der Waals surface area (Å²) in [6.07, 6.45) is 3.85. The fraction of sp³-hybridized carbons (Fsp3) is 0.667. The molecule has 3 aliphatic rings. The minimum Gasteiger partial charge on any atom is -0.362 e. The fourth-order valence-electron chi connectivity index (χ4n) is 1.37. The molecule has 3 rings (SSSR count). The van der Waals surface area contributed by atoms with Gasteiger partial charge in [0.2, 0.25) is 5.79 Å². The molecule has 4 atom stereocenters. The van der Waals surface area contributed by atoms with Crippen molar-refractivity contribution in [1.82, 2.24) is 0 Å². The molecule has 0 aromatic rings. The Morgan fingerprint density at radius 2 is 2.44 bits per heavy atom. The third-order valence-electron chi connectivity index (χ3n) is 2.05. The standard InChI is InChI=1S/C6H6O3/c7-6-2-1-3-4(8-3)5(6)9-6/h1-5,7H. The smallest absolute Gasteiger partial charge is 0.215 e. The Labute approximate surface area is 51.9 Å². The molecule has 0 aromatic heterocycles. The van der Waals surface area contributed by atoms with E-state index >= 15 is 0 Å². The molecular formula is C6H6O3. The molecule has 0 bridgehead atoms. The van der Waals surface area contributed by atoms with Gasteiger partial charge in [-0.2, -0.15) is 0 Å². The lowest BCUT2D eigenvalue weighted by atomic mass is 10.1. The Kier molecular flexibility index (Phi) is 0.475. The van der Waals surface area contributed by atoms with E-state index in [9.17, 15) is 5.11 Å². The van der Waals surface area contributed by atoms with E-state index in [1.54, 1.807) is 6.08 Å². The van der Waals surface area contributed by atoms with Gasteiger partial charge in [0.15, 0.2) is 0 Å². The number of epoxide rings is 2. The van der Waals surface area contributed by atoms with Crippen molar-refractivity contribution in [3.05, 3.63) is 12.2 Å². The van der Waals surface area contributed by atoms with E-state index < -0.39 is 5.79 Å². The van der Waals surface area contributed by atoms with Crippen LogP contribution in [0.4, 0.5) is 0 Å². The van der Waals surface area contributed by atoms with E-state index in [1.165, 1.54) is 0 Å². The quantitative estimate of drug-likeness (QED) is 0.348. The van der Waals surface area contributed by atoms with E-state index in [2.05, 4.69) is 0 Å². The third-order valence-corrected chi connectivity index (χ3v) is 2.05. The molecule has 2 heterocycles. The Morgan fingerprint density at radius 1 is 1.56 bits per heavy atom. The number of rotatable bonds is 0. The molecule has 2 aliphatic heterocycles. The molecule has 1 N–H and O–H groups in total. The summed E-state index contributed by atoms with van der Waals surface area (Å²) in [4.78, 5) is 0. The zero-order valence-corrected chi connectivity index (χ0v) is 4.65. The van der Waals surface area contributed by atoms with E-state index in [1.807, 2.05) is 6.08 Å². The first-order chi connectivity index (χ1) is 4.30. The van der Waals surface area contributed by atoms with E-state index in [-0.39, 0.29) is 18.3 Å². The number of hydrogen-bond acceptors (Lipinski definition) is 3. The summed E-state index contributed by atoms with van der Waals surface area (Å²) < 4.78 is 10.1. The minimum absolute atomic E-state index is 0.0625. The van der Waals surface area contributed by atoms with Crippen LogP contribution in [-0.2, 0) is 9.47 Å². The maximum Gasteiger partial charge on any atom is 0.215 e. The first-order valence-corrected chi connectivity index (χ1v) is 3.05. The van der Waals surface area contributed by atoms with Crippen LogP contribution in [0.25, 0.3) is 0 Å². The molecule has 2 saturated heterocycles. The van der Waals surface area contributed by atoms with Gasteiger partial charge in [-0.3, -0.25) is 0 Å². The van der Waals surface area contributed by atoms with Crippen LogP contribution in [-0.4, -0.2) is 29.2 Å². The zero-order valence-electron chi connectivity index (χ0n) is 4.65. The highest BCUT2D eigenvalue weighted by Crippen LogP contribution is 2.49. The number of aliphatic hydroxyl groups is 1. The van der Waals surface area contributed by atoms with Crippen LogP contribution in [0, 0.1) is 0 Å². The first kappa shape index (κ1) is 4.44. The van der Waals surface area contributed by atoms with Gasteiger partial charge in [-0.05, 0) is 6.08 Å². The molecule has 0 amide bonds. The summed E-state index contributed by atoms with van der Waals surface area (Å²) in [5.41, 5.74) is 0. The predicted octanol–water partition coefficient (Wildman–Crippen LogP) is -0.589. The summed E-state index contributed by atoms with van der Waals surface area (Å²) in [7, 11) is 0. The van der Waals surface area contributed by atoms with Gasteiger partial charge in [0.05, 0.1) is 0 Å².